The molecule has 28 heavy (non-hydrogen) atoms. The quantitative estimate of drug-likeness (QED) is 0.162. The van der Waals surface area contributed by atoms with Crippen LogP contribution in [0.15, 0.2) is 0 Å². The number of Topliss-reactive ketones (excluding diaryl/α,β-unsaturated/α-hetero) is 1. The zero-order valence-electron chi connectivity index (χ0n) is 18.8. The van der Waals surface area contributed by atoms with Gasteiger partial charge in [-0.3, -0.25) is 9.59 Å². The normalized spacial score (nSPS) is 22.2. The highest BCUT2D eigenvalue weighted by Crippen LogP contribution is 2.50. The van der Waals surface area contributed by atoms with E-state index in [1.54, 1.807) is 6.92 Å². The van der Waals surface area contributed by atoms with Gasteiger partial charge in [0.25, 0.3) is 0 Å². The van der Waals surface area contributed by atoms with Gasteiger partial charge in [0.2, 0.25) is 0 Å². The molecule has 0 amide bonds. The highest BCUT2D eigenvalue weighted by atomic mass is 16.7. The van der Waals surface area contributed by atoms with E-state index in [1.165, 1.54) is 39.0 Å². The minimum absolute atomic E-state index is 0.0388. The van der Waals surface area contributed by atoms with Crippen LogP contribution >= 0.6 is 0 Å². The first-order valence-electron chi connectivity index (χ1n) is 11.4. The van der Waals surface area contributed by atoms with Gasteiger partial charge in [-0.1, -0.05) is 45.4 Å². The van der Waals surface area contributed by atoms with Crippen LogP contribution in [0.25, 0.3) is 0 Å². The first kappa shape index (κ1) is 25.1. The van der Waals surface area contributed by atoms with Gasteiger partial charge in [0.1, 0.15) is 11.7 Å². The summed E-state index contributed by atoms with van der Waals surface area (Å²) in [7, 11) is 0. The van der Waals surface area contributed by atoms with Crippen molar-refractivity contribution in [1.82, 2.24) is 0 Å². The Morgan fingerprint density at radius 1 is 0.929 bits per heavy atom. The SMILES string of the molecule is CCCCCCCCC1C(C(C(C)=O)C(=O)OCC)CCC1(OCC)OCC. The summed E-state index contributed by atoms with van der Waals surface area (Å²) in [5.74, 6) is -1.94. The number of hydrogen-bond acceptors (Lipinski definition) is 5. The van der Waals surface area contributed by atoms with Gasteiger partial charge in [-0.25, -0.2) is 0 Å². The van der Waals surface area contributed by atoms with Gasteiger partial charge in [0.05, 0.1) is 6.61 Å². The fourth-order valence-electron chi connectivity index (χ4n) is 4.82. The summed E-state index contributed by atoms with van der Waals surface area (Å²) in [6.07, 6.45) is 9.65. The van der Waals surface area contributed by atoms with E-state index in [2.05, 4.69) is 6.92 Å². The van der Waals surface area contributed by atoms with E-state index in [9.17, 15) is 9.59 Å². The third-order valence-corrected chi connectivity index (χ3v) is 5.96. The lowest BCUT2D eigenvalue weighted by atomic mass is 9.77. The van der Waals surface area contributed by atoms with Gasteiger partial charge < -0.3 is 14.2 Å². The standard InChI is InChI=1S/C23H42O5/c1-6-10-11-12-13-14-15-20-19(21(18(5)24)22(25)26-7-2)16-17-23(20,27-8-3)28-9-4/h19-21H,6-17H2,1-5H3. The van der Waals surface area contributed by atoms with Crippen molar-refractivity contribution in [3.05, 3.63) is 0 Å². The Kier molecular flexibility index (Phi) is 11.9. The number of esters is 1. The topological polar surface area (TPSA) is 61.8 Å². The Morgan fingerprint density at radius 2 is 1.54 bits per heavy atom. The molecule has 0 radical (unpaired) electrons. The zero-order valence-corrected chi connectivity index (χ0v) is 18.8. The first-order chi connectivity index (χ1) is 13.5. The molecule has 1 aliphatic rings. The van der Waals surface area contributed by atoms with E-state index >= 15 is 0 Å². The van der Waals surface area contributed by atoms with Crippen LogP contribution in [0.2, 0.25) is 0 Å². The van der Waals surface area contributed by atoms with Crippen LogP contribution in [0.4, 0.5) is 0 Å². The fourth-order valence-corrected chi connectivity index (χ4v) is 4.82. The van der Waals surface area contributed by atoms with Gasteiger partial charge >= 0.3 is 5.97 Å². The first-order valence-corrected chi connectivity index (χ1v) is 11.4. The Morgan fingerprint density at radius 3 is 2.07 bits per heavy atom. The molecule has 0 aromatic rings. The monoisotopic (exact) mass is 398 g/mol. The van der Waals surface area contributed by atoms with Gasteiger partial charge in [0, 0.05) is 25.6 Å². The Hall–Kier alpha value is -0.940. The van der Waals surface area contributed by atoms with Crippen LogP contribution in [-0.4, -0.2) is 37.4 Å². The Labute approximate surface area is 171 Å². The van der Waals surface area contributed by atoms with Gasteiger partial charge in [-0.05, 0) is 46.5 Å². The number of rotatable bonds is 15. The lowest BCUT2D eigenvalue weighted by Crippen LogP contribution is -2.44. The third kappa shape index (κ3) is 6.84. The van der Waals surface area contributed by atoms with Crippen molar-refractivity contribution in [2.24, 2.45) is 17.8 Å². The van der Waals surface area contributed by atoms with Crippen molar-refractivity contribution < 1.29 is 23.8 Å². The summed E-state index contributed by atoms with van der Waals surface area (Å²) in [4.78, 5) is 25.0. The predicted octanol–water partition coefficient (Wildman–Crippen LogP) is 5.30. The van der Waals surface area contributed by atoms with Crippen molar-refractivity contribution in [2.75, 3.05) is 19.8 Å². The molecule has 0 spiro atoms. The highest BCUT2D eigenvalue weighted by Gasteiger charge is 2.54. The largest absolute Gasteiger partial charge is 0.465 e. The summed E-state index contributed by atoms with van der Waals surface area (Å²) < 4.78 is 17.5. The van der Waals surface area contributed by atoms with Crippen LogP contribution in [0.3, 0.4) is 0 Å². The average Bonchev–Trinajstić information content (AvgIpc) is 2.97. The van der Waals surface area contributed by atoms with Crippen LogP contribution < -0.4 is 0 Å². The maximum Gasteiger partial charge on any atom is 0.316 e. The van der Waals surface area contributed by atoms with Gasteiger partial charge in [0.15, 0.2) is 5.79 Å². The minimum atomic E-state index is -0.715. The number of carbonyl (C=O) groups is 2. The van der Waals surface area contributed by atoms with Crippen molar-refractivity contribution in [3.8, 4) is 0 Å². The molecule has 0 aromatic heterocycles. The Bertz CT molecular complexity index is 456. The maximum atomic E-state index is 12.6. The summed E-state index contributed by atoms with van der Waals surface area (Å²) in [6.45, 7) is 10.9. The number of unbranched alkanes of at least 4 members (excludes halogenated alkanes) is 5. The average molecular weight is 399 g/mol. The molecular weight excluding hydrogens is 356 g/mol. The number of hydrogen-bond donors (Lipinski definition) is 0. The highest BCUT2D eigenvalue weighted by molar-refractivity contribution is 5.98. The molecule has 0 saturated heterocycles. The van der Waals surface area contributed by atoms with Crippen LogP contribution in [0.1, 0.15) is 92.4 Å². The summed E-state index contributed by atoms with van der Waals surface area (Å²) in [5.41, 5.74) is 0. The van der Waals surface area contributed by atoms with E-state index < -0.39 is 17.7 Å². The Balaban J connectivity index is 2.98. The predicted molar refractivity (Wildman–Crippen MR) is 111 cm³/mol. The van der Waals surface area contributed by atoms with Gasteiger partial charge in [-0.2, -0.15) is 0 Å². The molecule has 5 nitrogen and oxygen atoms in total. The molecule has 5 heteroatoms. The van der Waals surface area contributed by atoms with Crippen LogP contribution in [0.5, 0.6) is 0 Å². The summed E-state index contributed by atoms with van der Waals surface area (Å²) in [5, 5.41) is 0. The smallest absolute Gasteiger partial charge is 0.316 e. The molecule has 164 valence electrons. The fraction of sp³-hybridized carbons (Fsp3) is 0.913. The van der Waals surface area contributed by atoms with Crippen molar-refractivity contribution >= 4 is 11.8 Å². The van der Waals surface area contributed by atoms with Crippen LogP contribution in [0, 0.1) is 17.8 Å². The van der Waals surface area contributed by atoms with Crippen LogP contribution in [-0.2, 0) is 23.8 Å². The molecule has 3 unspecified atom stereocenters. The molecule has 0 aromatic carbocycles. The lowest BCUT2D eigenvalue weighted by molar-refractivity contribution is -0.258. The molecule has 1 rings (SSSR count). The number of ether oxygens (including phenoxy) is 3. The molecule has 0 aliphatic heterocycles. The molecule has 0 heterocycles. The number of ketones is 1. The molecular formula is C23H42O5. The van der Waals surface area contributed by atoms with E-state index in [0.717, 1.165) is 25.7 Å². The maximum absolute atomic E-state index is 12.6. The molecule has 3 atom stereocenters. The lowest BCUT2D eigenvalue weighted by Gasteiger charge is -2.38. The minimum Gasteiger partial charge on any atom is -0.465 e. The zero-order chi connectivity index (χ0) is 21.0. The number of carbonyl (C=O) groups excluding carboxylic acids is 2. The van der Waals surface area contributed by atoms with Gasteiger partial charge in [-0.15, -0.1) is 0 Å². The van der Waals surface area contributed by atoms with E-state index in [-0.39, 0.29) is 17.6 Å². The molecule has 1 fully saturated rings. The second kappa shape index (κ2) is 13.3. The molecule has 0 N–H and O–H groups in total. The second-order valence-corrected chi connectivity index (χ2v) is 7.88. The molecule has 1 aliphatic carbocycles. The van der Waals surface area contributed by atoms with E-state index in [1.807, 2.05) is 13.8 Å². The summed E-state index contributed by atoms with van der Waals surface area (Å²) >= 11 is 0. The summed E-state index contributed by atoms with van der Waals surface area (Å²) in [6, 6.07) is 0. The van der Waals surface area contributed by atoms with Crippen molar-refractivity contribution in [1.29, 1.82) is 0 Å². The van der Waals surface area contributed by atoms with E-state index in [0.29, 0.717) is 19.8 Å². The van der Waals surface area contributed by atoms with E-state index in [4.69, 9.17) is 14.2 Å². The second-order valence-electron chi connectivity index (χ2n) is 7.88. The van der Waals surface area contributed by atoms with Crippen molar-refractivity contribution in [2.45, 2.75) is 98.2 Å². The third-order valence-electron chi connectivity index (χ3n) is 5.96. The molecule has 0 bridgehead atoms. The molecule has 1 saturated carbocycles. The van der Waals surface area contributed by atoms with Crippen molar-refractivity contribution in [3.63, 3.8) is 0 Å².